The highest BCUT2D eigenvalue weighted by Gasteiger charge is 2.41. The molecule has 0 spiro atoms. The minimum atomic E-state index is -4.51. The number of halogens is 3. The molecular weight excluding hydrogens is 307 g/mol. The number of Topliss-reactive ketones (excluding diaryl/α,β-unsaturated/α-hetero) is 1. The van der Waals surface area contributed by atoms with Gasteiger partial charge in [-0.2, -0.15) is 13.2 Å². The zero-order valence-electron chi connectivity index (χ0n) is 12.5. The summed E-state index contributed by atoms with van der Waals surface area (Å²) in [7, 11) is 0. The largest absolute Gasteiger partial charge is 0.418 e. The van der Waals surface area contributed by atoms with Gasteiger partial charge in [0, 0.05) is 17.8 Å². The van der Waals surface area contributed by atoms with Gasteiger partial charge in [0.25, 0.3) is 0 Å². The van der Waals surface area contributed by atoms with E-state index in [0.29, 0.717) is 12.8 Å². The van der Waals surface area contributed by atoms with Crippen molar-refractivity contribution in [1.29, 1.82) is 0 Å². The molecule has 0 aromatic heterocycles. The maximum Gasteiger partial charge on any atom is 0.418 e. The summed E-state index contributed by atoms with van der Waals surface area (Å²) in [4.78, 5) is 24.4. The molecule has 3 rings (SSSR count). The Bertz CT molecular complexity index is 611. The number of nitrogens with one attached hydrogen (secondary N) is 1. The van der Waals surface area contributed by atoms with Crippen molar-refractivity contribution in [3.8, 4) is 0 Å². The topological polar surface area (TPSA) is 46.2 Å². The first-order chi connectivity index (χ1) is 10.9. The summed E-state index contributed by atoms with van der Waals surface area (Å²) < 4.78 is 39.0. The number of rotatable bonds is 2. The summed E-state index contributed by atoms with van der Waals surface area (Å²) in [5, 5.41) is 2.42. The lowest BCUT2D eigenvalue weighted by Gasteiger charge is -2.37. The highest BCUT2D eigenvalue weighted by atomic mass is 19.4. The molecule has 0 aliphatic heterocycles. The number of carbonyl (C=O) groups is 2. The van der Waals surface area contributed by atoms with Crippen LogP contribution in [0.4, 0.5) is 18.9 Å². The molecule has 0 saturated heterocycles. The first-order valence-corrected chi connectivity index (χ1v) is 7.87. The number of anilines is 1. The molecule has 1 aromatic rings. The van der Waals surface area contributed by atoms with Gasteiger partial charge in [-0.05, 0) is 37.8 Å². The standard InChI is InChI=1S/C17H18F3NO2/c18-17(19,20)13-6-1-2-7-14(13)21-16(23)12-8-10-4-3-5-11(9-12)15(10)22/h1-2,6-7,10-12H,3-5,8-9H2,(H,21,23). The van der Waals surface area contributed by atoms with E-state index in [1.54, 1.807) is 0 Å². The summed E-state index contributed by atoms with van der Waals surface area (Å²) in [6, 6.07) is 4.97. The van der Waals surface area contributed by atoms with Crippen LogP contribution in [0.5, 0.6) is 0 Å². The van der Waals surface area contributed by atoms with E-state index >= 15 is 0 Å². The Balaban J connectivity index is 1.74. The van der Waals surface area contributed by atoms with E-state index in [-0.39, 0.29) is 29.2 Å². The summed E-state index contributed by atoms with van der Waals surface area (Å²) in [5.74, 6) is -0.765. The fourth-order valence-electron chi connectivity index (χ4n) is 3.77. The molecular formula is C17H18F3NO2. The Labute approximate surface area is 132 Å². The fourth-order valence-corrected chi connectivity index (χ4v) is 3.77. The monoisotopic (exact) mass is 325 g/mol. The van der Waals surface area contributed by atoms with Crippen LogP contribution >= 0.6 is 0 Å². The minimum absolute atomic E-state index is 0.101. The molecule has 23 heavy (non-hydrogen) atoms. The molecule has 6 heteroatoms. The molecule has 2 aliphatic carbocycles. The summed E-state index contributed by atoms with van der Waals surface area (Å²) in [6.45, 7) is 0. The van der Waals surface area contributed by atoms with E-state index in [9.17, 15) is 22.8 Å². The van der Waals surface area contributed by atoms with E-state index < -0.39 is 17.6 Å². The van der Waals surface area contributed by atoms with Gasteiger partial charge in [0.2, 0.25) is 5.91 Å². The van der Waals surface area contributed by atoms with Gasteiger partial charge >= 0.3 is 6.18 Å². The predicted molar refractivity (Wildman–Crippen MR) is 78.6 cm³/mol. The number of ketones is 1. The summed E-state index contributed by atoms with van der Waals surface area (Å²) in [5.41, 5.74) is -1.06. The first-order valence-electron chi connectivity index (χ1n) is 7.87. The van der Waals surface area contributed by atoms with Crippen molar-refractivity contribution in [1.82, 2.24) is 0 Å². The average molecular weight is 325 g/mol. The number of amides is 1. The van der Waals surface area contributed by atoms with Crippen molar-refractivity contribution < 1.29 is 22.8 Å². The van der Waals surface area contributed by atoms with Crippen molar-refractivity contribution >= 4 is 17.4 Å². The number of benzene rings is 1. The van der Waals surface area contributed by atoms with Gasteiger partial charge in [-0.25, -0.2) is 0 Å². The molecule has 124 valence electrons. The molecule has 2 bridgehead atoms. The van der Waals surface area contributed by atoms with Gasteiger partial charge in [0.15, 0.2) is 0 Å². The third kappa shape index (κ3) is 3.26. The van der Waals surface area contributed by atoms with Crippen molar-refractivity contribution in [3.05, 3.63) is 29.8 Å². The minimum Gasteiger partial charge on any atom is -0.325 e. The van der Waals surface area contributed by atoms with Crippen LogP contribution in [0.1, 0.15) is 37.7 Å². The number of carbonyl (C=O) groups excluding carboxylic acids is 2. The molecule has 1 N–H and O–H groups in total. The Morgan fingerprint density at radius 1 is 1.09 bits per heavy atom. The number of fused-ring (bicyclic) bond motifs is 2. The van der Waals surface area contributed by atoms with Crippen molar-refractivity contribution in [2.24, 2.45) is 17.8 Å². The molecule has 0 heterocycles. The van der Waals surface area contributed by atoms with Crippen molar-refractivity contribution in [2.75, 3.05) is 5.32 Å². The molecule has 2 saturated carbocycles. The SMILES string of the molecule is O=C(Nc1ccccc1C(F)(F)F)C1CC2CCCC(C1)C2=O. The van der Waals surface area contributed by atoms with Crippen molar-refractivity contribution in [2.45, 2.75) is 38.3 Å². The van der Waals surface area contributed by atoms with Crippen LogP contribution in [0.15, 0.2) is 24.3 Å². The smallest absolute Gasteiger partial charge is 0.325 e. The highest BCUT2D eigenvalue weighted by Crippen LogP contribution is 2.41. The lowest BCUT2D eigenvalue weighted by atomic mass is 9.67. The predicted octanol–water partition coefficient (Wildman–Crippen LogP) is 4.04. The third-order valence-corrected chi connectivity index (χ3v) is 4.91. The Morgan fingerprint density at radius 2 is 1.70 bits per heavy atom. The van der Waals surface area contributed by atoms with Crippen LogP contribution in [0.2, 0.25) is 0 Å². The molecule has 2 fully saturated rings. The van der Waals surface area contributed by atoms with E-state index in [1.165, 1.54) is 18.2 Å². The van der Waals surface area contributed by atoms with Gasteiger partial charge < -0.3 is 5.32 Å². The Morgan fingerprint density at radius 3 is 2.30 bits per heavy atom. The molecule has 2 atom stereocenters. The normalized spacial score (nSPS) is 27.6. The lowest BCUT2D eigenvalue weighted by Crippen LogP contribution is -2.40. The second-order valence-corrected chi connectivity index (χ2v) is 6.43. The summed E-state index contributed by atoms with van der Waals surface area (Å²) >= 11 is 0. The number of hydrogen-bond donors (Lipinski definition) is 1. The van der Waals surface area contributed by atoms with Crippen LogP contribution in [-0.2, 0) is 15.8 Å². The molecule has 3 nitrogen and oxygen atoms in total. The molecule has 2 aliphatic rings. The second-order valence-electron chi connectivity index (χ2n) is 6.43. The maximum atomic E-state index is 13.0. The highest BCUT2D eigenvalue weighted by molar-refractivity contribution is 5.95. The molecule has 1 aromatic carbocycles. The lowest BCUT2D eigenvalue weighted by molar-refractivity contribution is -0.137. The van der Waals surface area contributed by atoms with Gasteiger partial charge in [0.05, 0.1) is 11.3 Å². The first kappa shape index (κ1) is 16.0. The van der Waals surface area contributed by atoms with E-state index in [0.717, 1.165) is 25.3 Å². The molecule has 2 unspecified atom stereocenters. The maximum absolute atomic E-state index is 13.0. The number of hydrogen-bond acceptors (Lipinski definition) is 2. The van der Waals surface area contributed by atoms with Crippen LogP contribution in [0.25, 0.3) is 0 Å². The summed E-state index contributed by atoms with van der Waals surface area (Å²) in [6.07, 6.45) is -1.03. The zero-order valence-corrected chi connectivity index (χ0v) is 12.5. The van der Waals surface area contributed by atoms with E-state index in [4.69, 9.17) is 0 Å². The number of alkyl halides is 3. The Hall–Kier alpha value is -1.85. The van der Waals surface area contributed by atoms with Crippen LogP contribution in [0.3, 0.4) is 0 Å². The fraction of sp³-hybridized carbons (Fsp3) is 0.529. The third-order valence-electron chi connectivity index (χ3n) is 4.91. The average Bonchev–Trinajstić information content (AvgIpc) is 2.46. The zero-order chi connectivity index (χ0) is 16.6. The molecule has 0 radical (unpaired) electrons. The molecule has 1 amide bonds. The van der Waals surface area contributed by atoms with Gasteiger partial charge in [-0.1, -0.05) is 18.6 Å². The quantitative estimate of drug-likeness (QED) is 0.892. The van der Waals surface area contributed by atoms with Crippen LogP contribution < -0.4 is 5.32 Å². The second kappa shape index (κ2) is 5.98. The van der Waals surface area contributed by atoms with Gasteiger partial charge in [-0.3, -0.25) is 9.59 Å². The van der Waals surface area contributed by atoms with Gasteiger partial charge in [0.1, 0.15) is 5.78 Å². The van der Waals surface area contributed by atoms with E-state index in [2.05, 4.69) is 5.32 Å². The number of para-hydroxylation sites is 1. The van der Waals surface area contributed by atoms with Crippen molar-refractivity contribution in [3.63, 3.8) is 0 Å². The van der Waals surface area contributed by atoms with Gasteiger partial charge in [-0.15, -0.1) is 0 Å². The Kier molecular flexibility index (Phi) is 4.17. The van der Waals surface area contributed by atoms with Crippen LogP contribution in [0, 0.1) is 17.8 Å². The van der Waals surface area contributed by atoms with E-state index in [1.807, 2.05) is 0 Å². The van der Waals surface area contributed by atoms with Crippen LogP contribution in [-0.4, -0.2) is 11.7 Å².